The van der Waals surface area contributed by atoms with Crippen LogP contribution in [0.5, 0.6) is 5.75 Å². The van der Waals surface area contributed by atoms with Gasteiger partial charge >= 0.3 is 0 Å². The number of benzene rings is 1. The van der Waals surface area contributed by atoms with Crippen molar-refractivity contribution in [3.63, 3.8) is 0 Å². The summed E-state index contributed by atoms with van der Waals surface area (Å²) >= 11 is 0. The van der Waals surface area contributed by atoms with E-state index in [0.717, 1.165) is 25.1 Å². The van der Waals surface area contributed by atoms with Crippen molar-refractivity contribution in [3.05, 3.63) is 18.2 Å². The average Bonchev–Trinajstić information content (AvgIpc) is 2.89. The molecule has 0 spiro atoms. The minimum atomic E-state index is -0.0805. The van der Waals surface area contributed by atoms with Gasteiger partial charge in [-0.05, 0) is 31.9 Å². The Kier molecular flexibility index (Phi) is 4.37. The van der Waals surface area contributed by atoms with Crippen molar-refractivity contribution < 1.29 is 9.53 Å². The van der Waals surface area contributed by atoms with E-state index in [1.165, 1.54) is 0 Å². The predicted octanol–water partition coefficient (Wildman–Crippen LogP) is 1.72. The van der Waals surface area contributed by atoms with Crippen molar-refractivity contribution >= 4 is 17.3 Å². The molecule has 0 bridgehead atoms. The third kappa shape index (κ3) is 2.81. The summed E-state index contributed by atoms with van der Waals surface area (Å²) in [6, 6.07) is 5.65. The fourth-order valence-electron chi connectivity index (χ4n) is 2.61. The molecule has 1 unspecified atom stereocenters. The maximum Gasteiger partial charge on any atom is 0.244 e. The summed E-state index contributed by atoms with van der Waals surface area (Å²) in [6.07, 6.45) is 1.92. The molecule has 1 aromatic rings. The molecule has 20 heavy (non-hydrogen) atoms. The van der Waals surface area contributed by atoms with Crippen molar-refractivity contribution in [2.24, 2.45) is 0 Å². The van der Waals surface area contributed by atoms with Crippen LogP contribution in [0.3, 0.4) is 0 Å². The number of anilines is 2. The van der Waals surface area contributed by atoms with E-state index < -0.39 is 0 Å². The van der Waals surface area contributed by atoms with E-state index in [2.05, 4.69) is 4.90 Å². The molecule has 1 fully saturated rings. The summed E-state index contributed by atoms with van der Waals surface area (Å²) in [6.45, 7) is 3.40. The quantitative estimate of drug-likeness (QED) is 0.851. The van der Waals surface area contributed by atoms with Crippen molar-refractivity contribution in [1.29, 1.82) is 0 Å². The number of ether oxygens (including phenoxy) is 1. The lowest BCUT2D eigenvalue weighted by Gasteiger charge is -2.28. The van der Waals surface area contributed by atoms with Crippen LogP contribution in [0.1, 0.15) is 19.8 Å². The van der Waals surface area contributed by atoms with Crippen molar-refractivity contribution in [3.8, 4) is 5.75 Å². The normalized spacial score (nSPS) is 18.1. The zero-order valence-corrected chi connectivity index (χ0v) is 12.4. The number of hydrogen-bond donors (Lipinski definition) is 1. The van der Waals surface area contributed by atoms with E-state index in [0.29, 0.717) is 18.0 Å². The number of nitrogens with zero attached hydrogens (tertiary/aromatic N) is 2. The smallest absolute Gasteiger partial charge is 0.244 e. The first-order valence-corrected chi connectivity index (χ1v) is 7.04. The van der Waals surface area contributed by atoms with Gasteiger partial charge in [0.2, 0.25) is 5.91 Å². The van der Waals surface area contributed by atoms with E-state index >= 15 is 0 Å². The molecule has 1 amide bonds. The van der Waals surface area contributed by atoms with Crippen molar-refractivity contribution in [2.75, 3.05) is 37.9 Å². The van der Waals surface area contributed by atoms with Crippen LogP contribution < -0.4 is 15.4 Å². The Bertz CT molecular complexity index is 488. The zero-order chi connectivity index (χ0) is 14.7. The van der Waals surface area contributed by atoms with Gasteiger partial charge in [0.15, 0.2) is 0 Å². The molecule has 1 aliphatic heterocycles. The van der Waals surface area contributed by atoms with Crippen LogP contribution in [0.25, 0.3) is 0 Å². The van der Waals surface area contributed by atoms with E-state index in [1.807, 2.05) is 25.1 Å². The summed E-state index contributed by atoms with van der Waals surface area (Å²) in [7, 11) is 3.60. The first-order chi connectivity index (χ1) is 9.54. The Morgan fingerprint density at radius 3 is 2.90 bits per heavy atom. The van der Waals surface area contributed by atoms with Crippen LogP contribution >= 0.6 is 0 Å². The fourth-order valence-corrected chi connectivity index (χ4v) is 2.61. The summed E-state index contributed by atoms with van der Waals surface area (Å²) in [5.74, 6) is 0.838. The summed E-state index contributed by atoms with van der Waals surface area (Å²) in [4.78, 5) is 16.0. The molecule has 2 N–H and O–H groups in total. The van der Waals surface area contributed by atoms with E-state index in [9.17, 15) is 4.79 Å². The van der Waals surface area contributed by atoms with Crippen LogP contribution in [0, 0.1) is 0 Å². The predicted molar refractivity (Wildman–Crippen MR) is 81.1 cm³/mol. The van der Waals surface area contributed by atoms with Gasteiger partial charge in [-0.3, -0.25) is 4.79 Å². The second kappa shape index (κ2) is 6.03. The minimum Gasteiger partial charge on any atom is -0.492 e. The standard InChI is InChI=1S/C15H23N3O2/c1-4-20-14-10-11(7-8-12(14)16)18-9-5-6-13(18)15(19)17(2)3/h7-8,10,13H,4-6,9,16H2,1-3H3. The Morgan fingerprint density at radius 2 is 2.25 bits per heavy atom. The lowest BCUT2D eigenvalue weighted by molar-refractivity contribution is -0.129. The molecule has 5 heteroatoms. The van der Waals surface area contributed by atoms with Gasteiger partial charge in [0.1, 0.15) is 11.8 Å². The molecule has 1 aromatic carbocycles. The molecule has 0 aliphatic carbocycles. The third-order valence-corrected chi connectivity index (χ3v) is 3.61. The highest BCUT2D eigenvalue weighted by molar-refractivity contribution is 5.85. The van der Waals surface area contributed by atoms with Crippen LogP contribution in [-0.4, -0.2) is 44.1 Å². The second-order valence-electron chi connectivity index (χ2n) is 5.24. The SMILES string of the molecule is CCOc1cc(N2CCCC2C(=O)N(C)C)ccc1N. The number of nitrogen functional groups attached to an aromatic ring is 1. The van der Waals surface area contributed by atoms with Crippen LogP contribution in [0.2, 0.25) is 0 Å². The topological polar surface area (TPSA) is 58.8 Å². The maximum absolute atomic E-state index is 12.2. The number of nitrogens with two attached hydrogens (primary N) is 1. The molecule has 2 rings (SSSR count). The lowest BCUT2D eigenvalue weighted by atomic mass is 10.1. The van der Waals surface area contributed by atoms with Gasteiger partial charge in [-0.25, -0.2) is 0 Å². The first kappa shape index (κ1) is 14.5. The summed E-state index contributed by atoms with van der Waals surface area (Å²) in [5.41, 5.74) is 7.53. The number of carbonyl (C=O) groups is 1. The van der Waals surface area contributed by atoms with Gasteiger partial charge in [-0.2, -0.15) is 0 Å². The fraction of sp³-hybridized carbons (Fsp3) is 0.533. The Balaban J connectivity index is 2.26. The van der Waals surface area contributed by atoms with Crippen LogP contribution in [-0.2, 0) is 4.79 Å². The Hall–Kier alpha value is -1.91. The molecule has 1 aliphatic rings. The van der Waals surface area contributed by atoms with E-state index in [1.54, 1.807) is 19.0 Å². The molecule has 0 radical (unpaired) electrons. The van der Waals surface area contributed by atoms with Gasteiger partial charge in [0.05, 0.1) is 12.3 Å². The maximum atomic E-state index is 12.2. The number of hydrogen-bond acceptors (Lipinski definition) is 4. The van der Waals surface area contributed by atoms with Gasteiger partial charge in [-0.15, -0.1) is 0 Å². The van der Waals surface area contributed by atoms with Gasteiger partial charge in [0, 0.05) is 32.4 Å². The minimum absolute atomic E-state index is 0.0805. The Labute approximate surface area is 120 Å². The first-order valence-electron chi connectivity index (χ1n) is 7.04. The van der Waals surface area contributed by atoms with E-state index in [-0.39, 0.29) is 11.9 Å². The highest BCUT2D eigenvalue weighted by Gasteiger charge is 2.32. The van der Waals surface area contributed by atoms with Crippen LogP contribution in [0.4, 0.5) is 11.4 Å². The third-order valence-electron chi connectivity index (χ3n) is 3.61. The monoisotopic (exact) mass is 277 g/mol. The lowest BCUT2D eigenvalue weighted by Crippen LogP contribution is -2.42. The van der Waals surface area contributed by atoms with Crippen molar-refractivity contribution in [2.45, 2.75) is 25.8 Å². The largest absolute Gasteiger partial charge is 0.492 e. The van der Waals surface area contributed by atoms with Gasteiger partial charge in [0.25, 0.3) is 0 Å². The number of likely N-dealkylation sites (N-methyl/N-ethyl adjacent to an activating group) is 1. The number of carbonyl (C=O) groups excluding carboxylic acids is 1. The molecular weight excluding hydrogens is 254 g/mol. The van der Waals surface area contributed by atoms with Crippen molar-refractivity contribution in [1.82, 2.24) is 4.90 Å². The molecule has 5 nitrogen and oxygen atoms in total. The molecule has 110 valence electrons. The zero-order valence-electron chi connectivity index (χ0n) is 12.4. The summed E-state index contributed by atoms with van der Waals surface area (Å²) in [5, 5.41) is 0. The summed E-state index contributed by atoms with van der Waals surface area (Å²) < 4.78 is 5.53. The second-order valence-corrected chi connectivity index (χ2v) is 5.24. The highest BCUT2D eigenvalue weighted by atomic mass is 16.5. The molecule has 0 saturated carbocycles. The molecule has 0 aromatic heterocycles. The van der Waals surface area contributed by atoms with Gasteiger partial charge < -0.3 is 20.3 Å². The van der Waals surface area contributed by atoms with E-state index in [4.69, 9.17) is 10.5 Å². The molecular formula is C15H23N3O2. The highest BCUT2D eigenvalue weighted by Crippen LogP contribution is 2.32. The van der Waals surface area contributed by atoms with Gasteiger partial charge in [-0.1, -0.05) is 0 Å². The average molecular weight is 277 g/mol. The number of amides is 1. The Morgan fingerprint density at radius 1 is 1.50 bits per heavy atom. The van der Waals surface area contributed by atoms with Crippen LogP contribution in [0.15, 0.2) is 18.2 Å². The number of rotatable bonds is 4. The molecule has 1 atom stereocenters. The molecule has 1 heterocycles. The molecule has 1 saturated heterocycles.